The number of ether oxygens (including phenoxy) is 1. The molecule has 2 amide bonds. The molecule has 2 aromatic rings. The molecule has 0 radical (unpaired) electrons. The molecule has 34 heavy (non-hydrogen) atoms. The van der Waals surface area contributed by atoms with Gasteiger partial charge in [-0.3, -0.25) is 15.1 Å². The van der Waals surface area contributed by atoms with Gasteiger partial charge in [-0.2, -0.15) is 0 Å². The molecule has 0 saturated carbocycles. The molecule has 1 aliphatic heterocycles. The van der Waals surface area contributed by atoms with Gasteiger partial charge in [-0.1, -0.05) is 11.8 Å². The van der Waals surface area contributed by atoms with Crippen molar-refractivity contribution >= 4 is 34.6 Å². The van der Waals surface area contributed by atoms with Crippen molar-refractivity contribution in [3.8, 4) is 0 Å². The van der Waals surface area contributed by atoms with E-state index in [4.69, 9.17) is 4.74 Å². The number of carbonyl (C=O) groups is 2. The van der Waals surface area contributed by atoms with Crippen LogP contribution in [0.5, 0.6) is 0 Å². The summed E-state index contributed by atoms with van der Waals surface area (Å²) >= 11 is 1.27. The molecule has 0 spiro atoms. The fourth-order valence-electron chi connectivity index (χ4n) is 3.33. The van der Waals surface area contributed by atoms with Crippen molar-refractivity contribution in [3.05, 3.63) is 59.4 Å². The molecular formula is C23H26F2N4O4S. The van der Waals surface area contributed by atoms with Gasteiger partial charge in [-0.05, 0) is 63.4 Å². The minimum absolute atomic E-state index is 0.122. The lowest BCUT2D eigenvalue weighted by Crippen LogP contribution is -2.37. The zero-order valence-corrected chi connectivity index (χ0v) is 19.8. The van der Waals surface area contributed by atoms with Crippen molar-refractivity contribution < 1.29 is 28.2 Å². The quantitative estimate of drug-likeness (QED) is 0.574. The van der Waals surface area contributed by atoms with Gasteiger partial charge in [0.1, 0.15) is 11.4 Å². The third kappa shape index (κ3) is 6.73. The summed E-state index contributed by atoms with van der Waals surface area (Å²) in [7, 11) is 0. The zero-order chi connectivity index (χ0) is 24.9. The number of hydrogen-bond acceptors (Lipinski definition) is 7. The van der Waals surface area contributed by atoms with Crippen LogP contribution in [0.25, 0.3) is 0 Å². The number of pyridine rings is 1. The smallest absolute Gasteiger partial charge is 0.413 e. The van der Waals surface area contributed by atoms with E-state index in [9.17, 15) is 23.5 Å². The second-order valence-electron chi connectivity index (χ2n) is 8.61. The largest absolute Gasteiger partial charge is 0.444 e. The number of halogens is 2. The topological polar surface area (TPSA) is 113 Å². The number of thioether (sulfide) groups is 1. The number of hydrogen-bond donors (Lipinski definition) is 3. The number of carbonyl (C=O) groups excluding carboxylic acids is 2. The Hall–Kier alpha value is -3.05. The lowest BCUT2D eigenvalue weighted by molar-refractivity contribution is 0.0564. The van der Waals surface area contributed by atoms with Crippen LogP contribution in [-0.2, 0) is 4.74 Å². The maximum absolute atomic E-state index is 14.9. The van der Waals surface area contributed by atoms with Crippen LogP contribution in [0.4, 0.5) is 19.3 Å². The number of aliphatic hydroxyl groups is 1. The third-order valence-corrected chi connectivity index (χ3v) is 5.87. The Labute approximate surface area is 200 Å². The standard InChI is InChI=1S/C23H26F2N4O4S/c1-23(2,3)33-22(32)29-21-28-18(13(8-10-30)12-34-21)15-11-14(6-7-16(15)24)27-20(31)19-17(25)5-4-9-26-19/h4-7,9,11,13,18,30H,8,10,12H2,1-3H3,(H,27,31)(H,28,29,32). The predicted molar refractivity (Wildman–Crippen MR) is 126 cm³/mol. The van der Waals surface area contributed by atoms with Gasteiger partial charge in [0, 0.05) is 29.8 Å². The van der Waals surface area contributed by atoms with Crippen molar-refractivity contribution in [2.45, 2.75) is 38.8 Å². The number of nitrogens with one attached hydrogen (secondary N) is 2. The molecule has 2 heterocycles. The number of anilines is 1. The van der Waals surface area contributed by atoms with Crippen LogP contribution in [-0.4, -0.2) is 45.2 Å². The fraction of sp³-hybridized carbons (Fsp3) is 0.391. The molecule has 0 aliphatic carbocycles. The highest BCUT2D eigenvalue weighted by Gasteiger charge is 2.31. The normalized spacial score (nSPS) is 18.1. The molecule has 1 aromatic heterocycles. The zero-order valence-electron chi connectivity index (χ0n) is 19.0. The van der Waals surface area contributed by atoms with Crippen LogP contribution in [0.2, 0.25) is 0 Å². The maximum atomic E-state index is 14.9. The molecule has 3 N–H and O–H groups in total. The van der Waals surface area contributed by atoms with E-state index in [0.29, 0.717) is 12.2 Å². The summed E-state index contributed by atoms with van der Waals surface area (Å²) in [5.74, 6) is -1.89. The molecule has 2 atom stereocenters. The maximum Gasteiger partial charge on any atom is 0.413 e. The lowest BCUT2D eigenvalue weighted by Gasteiger charge is -2.30. The van der Waals surface area contributed by atoms with Gasteiger partial charge in [0.2, 0.25) is 0 Å². The first-order chi connectivity index (χ1) is 16.1. The van der Waals surface area contributed by atoms with Crippen molar-refractivity contribution in [2.24, 2.45) is 10.9 Å². The SMILES string of the molecule is CC(C)(C)OC(=O)NC1=NC(c2cc(NC(=O)c3ncccc3F)ccc2F)C(CCO)CS1. The molecule has 2 unspecified atom stereocenters. The first-order valence-corrected chi connectivity index (χ1v) is 11.6. The highest BCUT2D eigenvalue weighted by Crippen LogP contribution is 2.38. The molecule has 1 aliphatic rings. The number of rotatable bonds is 5. The number of amidine groups is 1. The summed E-state index contributed by atoms with van der Waals surface area (Å²) in [4.78, 5) is 32.8. The van der Waals surface area contributed by atoms with E-state index >= 15 is 0 Å². The van der Waals surface area contributed by atoms with Crippen LogP contribution in [0.3, 0.4) is 0 Å². The van der Waals surface area contributed by atoms with Crippen molar-refractivity contribution in [2.75, 3.05) is 17.7 Å². The molecule has 1 aromatic carbocycles. The molecule has 11 heteroatoms. The molecule has 0 bridgehead atoms. The highest BCUT2D eigenvalue weighted by atomic mass is 32.2. The molecule has 3 rings (SSSR count). The number of alkyl carbamates (subject to hydrolysis) is 1. The van der Waals surface area contributed by atoms with Crippen molar-refractivity contribution in [3.63, 3.8) is 0 Å². The summed E-state index contributed by atoms with van der Waals surface area (Å²) in [5.41, 5.74) is -0.692. The second kappa shape index (κ2) is 10.9. The van der Waals surface area contributed by atoms with Crippen molar-refractivity contribution in [1.29, 1.82) is 0 Å². The third-order valence-electron chi connectivity index (χ3n) is 4.79. The van der Waals surface area contributed by atoms with Gasteiger partial charge in [0.25, 0.3) is 5.91 Å². The van der Waals surface area contributed by atoms with E-state index in [2.05, 4.69) is 20.6 Å². The van der Waals surface area contributed by atoms with E-state index in [1.807, 2.05) is 0 Å². The average molecular weight is 493 g/mol. The fourth-order valence-corrected chi connectivity index (χ4v) is 4.39. The lowest BCUT2D eigenvalue weighted by atomic mass is 9.91. The Bertz CT molecular complexity index is 1090. The Kier molecular flexibility index (Phi) is 8.21. The number of amides is 2. The first kappa shape index (κ1) is 25.6. The van der Waals surface area contributed by atoms with E-state index in [1.165, 1.54) is 42.2 Å². The second-order valence-corrected chi connectivity index (χ2v) is 9.62. The highest BCUT2D eigenvalue weighted by molar-refractivity contribution is 8.13. The van der Waals surface area contributed by atoms with Crippen LogP contribution in [0.1, 0.15) is 49.3 Å². The number of aliphatic hydroxyl groups excluding tert-OH is 1. The Morgan fingerprint density at radius 2 is 1.97 bits per heavy atom. The van der Waals surface area contributed by atoms with Crippen LogP contribution in [0, 0.1) is 17.6 Å². The Morgan fingerprint density at radius 3 is 2.65 bits per heavy atom. The molecule has 0 saturated heterocycles. The molecule has 0 fully saturated rings. The van der Waals surface area contributed by atoms with Gasteiger partial charge in [-0.25, -0.2) is 18.6 Å². The van der Waals surface area contributed by atoms with Crippen LogP contribution in [0.15, 0.2) is 41.5 Å². The van der Waals surface area contributed by atoms with Gasteiger partial charge in [0.05, 0.1) is 6.04 Å². The van der Waals surface area contributed by atoms with E-state index in [-0.39, 0.29) is 34.6 Å². The van der Waals surface area contributed by atoms with Gasteiger partial charge < -0.3 is 15.2 Å². The summed E-state index contributed by atoms with van der Waals surface area (Å²) in [5, 5.41) is 14.8. The number of nitrogens with zero attached hydrogens (tertiary/aromatic N) is 2. The summed E-state index contributed by atoms with van der Waals surface area (Å²) in [6, 6.07) is 5.68. The predicted octanol–water partition coefficient (Wildman–Crippen LogP) is 4.28. The first-order valence-electron chi connectivity index (χ1n) is 10.6. The van der Waals surface area contributed by atoms with Crippen molar-refractivity contribution in [1.82, 2.24) is 10.3 Å². The van der Waals surface area contributed by atoms with Crippen LogP contribution >= 0.6 is 11.8 Å². The summed E-state index contributed by atoms with van der Waals surface area (Å²) in [6.45, 7) is 5.07. The summed E-state index contributed by atoms with van der Waals surface area (Å²) in [6.07, 6.45) is 0.967. The average Bonchev–Trinajstić information content (AvgIpc) is 2.75. The number of benzene rings is 1. The van der Waals surface area contributed by atoms with Gasteiger partial charge in [0.15, 0.2) is 16.7 Å². The van der Waals surface area contributed by atoms with E-state index in [1.54, 1.807) is 20.8 Å². The molecule has 8 nitrogen and oxygen atoms in total. The minimum Gasteiger partial charge on any atom is -0.444 e. The van der Waals surface area contributed by atoms with Gasteiger partial charge in [-0.15, -0.1) is 0 Å². The molecular weight excluding hydrogens is 466 g/mol. The van der Waals surface area contributed by atoms with E-state index < -0.39 is 35.3 Å². The van der Waals surface area contributed by atoms with Crippen LogP contribution < -0.4 is 10.6 Å². The monoisotopic (exact) mass is 492 g/mol. The Morgan fingerprint density at radius 1 is 1.21 bits per heavy atom. The summed E-state index contributed by atoms with van der Waals surface area (Å²) < 4.78 is 34.0. The molecule has 182 valence electrons. The minimum atomic E-state index is -0.780. The number of aromatic nitrogens is 1. The van der Waals surface area contributed by atoms with Gasteiger partial charge >= 0.3 is 6.09 Å². The number of aliphatic imine (C=N–C) groups is 1. The Balaban J connectivity index is 1.87. The van der Waals surface area contributed by atoms with E-state index in [0.717, 1.165) is 6.07 Å².